The number of hydrogen-bond donors (Lipinski definition) is 1. The molecular weight excluding hydrogens is 412 g/mol. The number of ether oxygens (including phenoxy) is 1. The number of benzene rings is 3. The summed E-state index contributed by atoms with van der Waals surface area (Å²) in [5.41, 5.74) is 2.94. The fraction of sp³-hybridized carbons (Fsp3) is 0.286. The van der Waals surface area contributed by atoms with Gasteiger partial charge >= 0.3 is 0 Å². The summed E-state index contributed by atoms with van der Waals surface area (Å²) in [5, 5.41) is 3.05. The summed E-state index contributed by atoms with van der Waals surface area (Å²) in [6, 6.07) is 26.7. The lowest BCUT2D eigenvalue weighted by Crippen LogP contribution is -2.45. The van der Waals surface area contributed by atoms with Crippen LogP contribution in [0, 0.1) is 0 Å². The van der Waals surface area contributed by atoms with Crippen LogP contribution in [0.2, 0.25) is 0 Å². The molecule has 0 heterocycles. The van der Waals surface area contributed by atoms with Crippen molar-refractivity contribution in [2.45, 2.75) is 44.3 Å². The van der Waals surface area contributed by atoms with Crippen LogP contribution in [0.15, 0.2) is 84.9 Å². The molecule has 2 amide bonds. The Morgan fingerprint density at radius 1 is 0.909 bits per heavy atom. The van der Waals surface area contributed by atoms with E-state index in [1.807, 2.05) is 89.8 Å². The third kappa shape index (κ3) is 6.01. The van der Waals surface area contributed by atoms with Gasteiger partial charge < -0.3 is 15.0 Å². The lowest BCUT2D eigenvalue weighted by Gasteiger charge is -2.32. The van der Waals surface area contributed by atoms with Crippen molar-refractivity contribution in [2.75, 3.05) is 7.11 Å². The lowest BCUT2D eigenvalue weighted by atomic mass is 10.0. The van der Waals surface area contributed by atoms with Crippen LogP contribution in [0.3, 0.4) is 0 Å². The third-order valence-corrected chi connectivity index (χ3v) is 5.97. The molecule has 0 aromatic heterocycles. The smallest absolute Gasteiger partial charge is 0.247 e. The maximum absolute atomic E-state index is 13.5. The van der Waals surface area contributed by atoms with Crippen LogP contribution in [-0.2, 0) is 22.6 Å². The molecule has 1 fully saturated rings. The van der Waals surface area contributed by atoms with Crippen LogP contribution in [0.5, 0.6) is 5.75 Å². The second kappa shape index (κ2) is 10.8. The van der Waals surface area contributed by atoms with E-state index in [0.717, 1.165) is 35.3 Å². The monoisotopic (exact) mass is 442 g/mol. The van der Waals surface area contributed by atoms with Crippen LogP contribution < -0.4 is 10.1 Å². The van der Waals surface area contributed by atoms with Crippen molar-refractivity contribution in [2.24, 2.45) is 0 Å². The number of nitrogens with zero attached hydrogens (tertiary/aromatic N) is 1. The first kappa shape index (κ1) is 22.6. The maximum atomic E-state index is 13.5. The van der Waals surface area contributed by atoms with E-state index in [0.29, 0.717) is 19.4 Å². The van der Waals surface area contributed by atoms with Crippen molar-refractivity contribution in [1.29, 1.82) is 0 Å². The SMILES string of the molecule is COc1ccc(C(C(=O)NCc2ccccc2)N(C(=O)CCc2ccccc2)C2CC2)cc1. The molecule has 1 aliphatic rings. The summed E-state index contributed by atoms with van der Waals surface area (Å²) >= 11 is 0. The van der Waals surface area contributed by atoms with E-state index >= 15 is 0 Å². The molecule has 1 unspecified atom stereocenters. The van der Waals surface area contributed by atoms with Crippen molar-refractivity contribution in [3.05, 3.63) is 102 Å². The van der Waals surface area contributed by atoms with Gasteiger partial charge in [0.15, 0.2) is 0 Å². The van der Waals surface area contributed by atoms with Gasteiger partial charge in [-0.2, -0.15) is 0 Å². The van der Waals surface area contributed by atoms with Gasteiger partial charge in [-0.15, -0.1) is 0 Å². The van der Waals surface area contributed by atoms with Crippen LogP contribution in [-0.4, -0.2) is 29.9 Å². The van der Waals surface area contributed by atoms with Gasteiger partial charge in [0.2, 0.25) is 11.8 Å². The summed E-state index contributed by atoms with van der Waals surface area (Å²) < 4.78 is 5.29. The highest BCUT2D eigenvalue weighted by Gasteiger charge is 2.41. The van der Waals surface area contributed by atoms with Crippen LogP contribution >= 0.6 is 0 Å². The second-order valence-electron chi connectivity index (χ2n) is 8.40. The number of hydrogen-bond acceptors (Lipinski definition) is 3. The summed E-state index contributed by atoms with van der Waals surface area (Å²) in [5.74, 6) is 0.566. The van der Waals surface area contributed by atoms with E-state index < -0.39 is 6.04 Å². The average Bonchev–Trinajstić information content (AvgIpc) is 3.71. The maximum Gasteiger partial charge on any atom is 0.247 e. The molecule has 3 aromatic carbocycles. The van der Waals surface area contributed by atoms with Gasteiger partial charge in [0, 0.05) is 19.0 Å². The molecule has 1 aliphatic carbocycles. The van der Waals surface area contributed by atoms with Crippen molar-refractivity contribution >= 4 is 11.8 Å². The molecule has 4 rings (SSSR count). The van der Waals surface area contributed by atoms with Crippen molar-refractivity contribution in [3.63, 3.8) is 0 Å². The Kier molecular flexibility index (Phi) is 7.40. The van der Waals surface area contributed by atoms with Crippen molar-refractivity contribution in [1.82, 2.24) is 10.2 Å². The first-order valence-corrected chi connectivity index (χ1v) is 11.5. The van der Waals surface area contributed by atoms with Gasteiger partial charge in [-0.3, -0.25) is 9.59 Å². The molecule has 170 valence electrons. The predicted octanol–water partition coefficient (Wildman–Crippen LogP) is 4.68. The fourth-order valence-corrected chi connectivity index (χ4v) is 4.04. The zero-order valence-electron chi connectivity index (χ0n) is 18.9. The Hall–Kier alpha value is -3.60. The molecule has 1 atom stereocenters. The van der Waals surface area contributed by atoms with Crippen molar-refractivity contribution in [3.8, 4) is 5.75 Å². The number of methoxy groups -OCH3 is 1. The Labute approximate surface area is 195 Å². The molecule has 1 N–H and O–H groups in total. The van der Waals surface area contributed by atoms with Crippen molar-refractivity contribution < 1.29 is 14.3 Å². The molecular formula is C28H30N2O3. The molecule has 1 saturated carbocycles. The number of amides is 2. The van der Waals surface area contributed by atoms with Crippen LogP contribution in [0.4, 0.5) is 0 Å². The first-order valence-electron chi connectivity index (χ1n) is 11.5. The summed E-state index contributed by atoms with van der Waals surface area (Å²) in [4.78, 5) is 28.7. The molecule has 0 aliphatic heterocycles. The molecule has 5 heteroatoms. The molecule has 0 spiro atoms. The largest absolute Gasteiger partial charge is 0.497 e. The van der Waals surface area contributed by atoms with Crippen LogP contribution in [0.25, 0.3) is 0 Å². The Balaban J connectivity index is 1.56. The summed E-state index contributed by atoms with van der Waals surface area (Å²) in [6.45, 7) is 0.420. The highest BCUT2D eigenvalue weighted by atomic mass is 16.5. The zero-order chi connectivity index (χ0) is 23.0. The summed E-state index contributed by atoms with van der Waals surface area (Å²) in [6.07, 6.45) is 2.88. The van der Waals surface area contributed by atoms with Gasteiger partial charge in [0.1, 0.15) is 11.8 Å². The van der Waals surface area contributed by atoms with Crippen LogP contribution in [0.1, 0.15) is 42.0 Å². The van der Waals surface area contributed by atoms with E-state index in [1.165, 1.54) is 0 Å². The van der Waals surface area contributed by atoms with Gasteiger partial charge in [0.05, 0.1) is 7.11 Å². The molecule has 3 aromatic rings. The average molecular weight is 443 g/mol. The highest BCUT2D eigenvalue weighted by molar-refractivity contribution is 5.89. The minimum atomic E-state index is -0.671. The fourth-order valence-electron chi connectivity index (χ4n) is 4.04. The number of nitrogens with one attached hydrogen (secondary N) is 1. The van der Waals surface area contributed by atoms with Gasteiger partial charge in [-0.25, -0.2) is 0 Å². The second-order valence-corrected chi connectivity index (χ2v) is 8.40. The van der Waals surface area contributed by atoms with Gasteiger partial charge in [-0.1, -0.05) is 72.8 Å². The van der Waals surface area contributed by atoms with Gasteiger partial charge in [-0.05, 0) is 48.1 Å². The zero-order valence-corrected chi connectivity index (χ0v) is 18.9. The predicted molar refractivity (Wildman–Crippen MR) is 129 cm³/mol. The number of aryl methyl sites for hydroxylation is 1. The molecule has 33 heavy (non-hydrogen) atoms. The standard InChI is InChI=1S/C28H30N2O3/c1-33-25-17-13-23(14-18-25)27(28(32)29-20-22-10-6-3-7-11-22)30(24-15-16-24)26(31)19-12-21-8-4-2-5-9-21/h2-11,13-14,17-18,24,27H,12,15-16,19-20H2,1H3,(H,29,32). The normalized spacial score (nSPS) is 13.7. The van der Waals surface area contributed by atoms with Gasteiger partial charge in [0.25, 0.3) is 0 Å². The molecule has 0 saturated heterocycles. The highest BCUT2D eigenvalue weighted by Crippen LogP contribution is 2.36. The van der Waals surface area contributed by atoms with E-state index in [-0.39, 0.29) is 17.9 Å². The minimum Gasteiger partial charge on any atom is -0.497 e. The topological polar surface area (TPSA) is 58.6 Å². The summed E-state index contributed by atoms with van der Waals surface area (Å²) in [7, 11) is 1.61. The lowest BCUT2D eigenvalue weighted by molar-refractivity contribution is -0.141. The number of rotatable bonds is 10. The molecule has 5 nitrogen and oxygen atoms in total. The van der Waals surface area contributed by atoms with E-state index in [1.54, 1.807) is 7.11 Å². The quantitative estimate of drug-likeness (QED) is 0.496. The third-order valence-electron chi connectivity index (χ3n) is 5.97. The Morgan fingerprint density at radius 3 is 2.09 bits per heavy atom. The Morgan fingerprint density at radius 2 is 1.52 bits per heavy atom. The molecule has 0 radical (unpaired) electrons. The Bertz CT molecular complexity index is 1050. The van der Waals surface area contributed by atoms with E-state index in [2.05, 4.69) is 5.32 Å². The number of carbonyl (C=O) groups is 2. The number of carbonyl (C=O) groups excluding carboxylic acids is 2. The van der Waals surface area contributed by atoms with E-state index in [9.17, 15) is 9.59 Å². The van der Waals surface area contributed by atoms with E-state index in [4.69, 9.17) is 4.74 Å². The molecule has 0 bridgehead atoms. The minimum absolute atomic E-state index is 0.0111. The first-order chi connectivity index (χ1) is 16.2.